The molecule has 0 saturated heterocycles. The van der Waals surface area contributed by atoms with E-state index in [0.29, 0.717) is 41.3 Å². The maximum atomic E-state index is 6.09. The topological polar surface area (TPSA) is 30.5 Å². The van der Waals surface area contributed by atoms with Gasteiger partial charge in [0.05, 0.1) is 16.7 Å². The molecule has 0 radical (unpaired) electrons. The molecule has 3 aromatic carbocycles. The maximum absolute atomic E-state index is 6.09. The minimum atomic E-state index is 0.480. The van der Waals surface area contributed by atoms with Gasteiger partial charge in [0.15, 0.2) is 11.5 Å². The van der Waals surface area contributed by atoms with Crippen molar-refractivity contribution < 1.29 is 9.47 Å². The second-order valence-electron chi connectivity index (χ2n) is 6.58. The monoisotopic (exact) mass is 493 g/mol. The van der Waals surface area contributed by atoms with Crippen LogP contribution in [0.5, 0.6) is 11.5 Å². The third-order valence-electron chi connectivity index (χ3n) is 4.33. The first kappa shape index (κ1) is 21.8. The Kier molecular flexibility index (Phi) is 7.70. The third kappa shape index (κ3) is 6.05. The third-order valence-corrected chi connectivity index (χ3v) is 5.81. The lowest BCUT2D eigenvalue weighted by Gasteiger charge is -2.16. The summed E-state index contributed by atoms with van der Waals surface area (Å²) in [5, 5.41) is 4.41. The molecule has 0 bridgehead atoms. The van der Waals surface area contributed by atoms with E-state index in [2.05, 4.69) is 52.4 Å². The lowest BCUT2D eigenvalue weighted by molar-refractivity contribution is 0.269. The zero-order valence-corrected chi connectivity index (χ0v) is 19.4. The van der Waals surface area contributed by atoms with Gasteiger partial charge in [-0.1, -0.05) is 69.0 Å². The van der Waals surface area contributed by atoms with Crippen LogP contribution < -0.4 is 14.8 Å². The fourth-order valence-electron chi connectivity index (χ4n) is 2.74. The Balaban J connectivity index is 1.74. The highest BCUT2D eigenvalue weighted by Crippen LogP contribution is 2.35. The van der Waals surface area contributed by atoms with Crippen LogP contribution in [-0.2, 0) is 13.2 Å². The molecule has 0 saturated carbocycles. The summed E-state index contributed by atoms with van der Waals surface area (Å²) in [5.74, 6) is 1.42. The summed E-state index contributed by atoms with van der Waals surface area (Å²) >= 11 is 15.7. The number of hydrogen-bond acceptors (Lipinski definition) is 3. The van der Waals surface area contributed by atoms with Gasteiger partial charge in [0, 0.05) is 16.7 Å². The summed E-state index contributed by atoms with van der Waals surface area (Å²) in [4.78, 5) is 0. The van der Waals surface area contributed by atoms with Crippen molar-refractivity contribution in [2.75, 3.05) is 11.9 Å². The van der Waals surface area contributed by atoms with Crippen molar-refractivity contribution in [3.63, 3.8) is 0 Å². The molecule has 1 N–H and O–H groups in total. The standard InChI is InChI=1S/C23H22BrCl2NO2/c1-3-28-22-10-17(13-27-18-8-9-20(25)21(26)11-18)19(24)12-23(22)29-14-16-6-4-15(2)5-7-16/h4-12,27H,3,13-14H2,1-2H3. The van der Waals surface area contributed by atoms with E-state index >= 15 is 0 Å². The van der Waals surface area contributed by atoms with Gasteiger partial charge in [-0.05, 0) is 55.3 Å². The largest absolute Gasteiger partial charge is 0.490 e. The van der Waals surface area contributed by atoms with E-state index in [1.165, 1.54) is 5.56 Å². The van der Waals surface area contributed by atoms with Crippen LogP contribution in [0.25, 0.3) is 0 Å². The number of aryl methyl sites for hydroxylation is 1. The fraction of sp³-hybridized carbons (Fsp3) is 0.217. The first-order valence-corrected chi connectivity index (χ1v) is 10.8. The normalized spacial score (nSPS) is 10.7. The molecule has 0 aliphatic heterocycles. The minimum absolute atomic E-state index is 0.480. The van der Waals surface area contributed by atoms with Crippen molar-refractivity contribution in [1.29, 1.82) is 0 Å². The molecular formula is C23H22BrCl2NO2. The van der Waals surface area contributed by atoms with Crippen molar-refractivity contribution in [3.8, 4) is 11.5 Å². The van der Waals surface area contributed by atoms with E-state index in [9.17, 15) is 0 Å². The zero-order valence-electron chi connectivity index (χ0n) is 16.3. The van der Waals surface area contributed by atoms with Crippen LogP contribution in [-0.4, -0.2) is 6.61 Å². The number of hydrogen-bond donors (Lipinski definition) is 1. The van der Waals surface area contributed by atoms with Crippen molar-refractivity contribution in [2.45, 2.75) is 27.0 Å². The van der Waals surface area contributed by atoms with Gasteiger partial charge in [-0.3, -0.25) is 0 Å². The maximum Gasteiger partial charge on any atom is 0.162 e. The van der Waals surface area contributed by atoms with Crippen LogP contribution in [0.1, 0.15) is 23.6 Å². The molecule has 0 aliphatic carbocycles. The Morgan fingerprint density at radius 3 is 2.31 bits per heavy atom. The number of anilines is 1. The number of ether oxygens (including phenoxy) is 2. The van der Waals surface area contributed by atoms with Crippen LogP contribution in [0, 0.1) is 6.92 Å². The summed E-state index contributed by atoms with van der Waals surface area (Å²) < 4.78 is 12.8. The van der Waals surface area contributed by atoms with Gasteiger partial charge in [-0.2, -0.15) is 0 Å². The Morgan fingerprint density at radius 1 is 0.897 bits per heavy atom. The van der Waals surface area contributed by atoms with Gasteiger partial charge in [0.25, 0.3) is 0 Å². The first-order valence-electron chi connectivity index (χ1n) is 9.28. The second kappa shape index (κ2) is 10.2. The first-order chi connectivity index (χ1) is 14.0. The van der Waals surface area contributed by atoms with E-state index in [1.807, 2.05) is 25.1 Å². The summed E-state index contributed by atoms with van der Waals surface area (Å²) in [6, 6.07) is 17.7. The lowest BCUT2D eigenvalue weighted by Crippen LogP contribution is -2.04. The van der Waals surface area contributed by atoms with E-state index in [0.717, 1.165) is 21.3 Å². The predicted molar refractivity (Wildman–Crippen MR) is 125 cm³/mol. The smallest absolute Gasteiger partial charge is 0.162 e. The van der Waals surface area contributed by atoms with E-state index < -0.39 is 0 Å². The van der Waals surface area contributed by atoms with Crippen LogP contribution in [0.4, 0.5) is 5.69 Å². The number of benzene rings is 3. The van der Waals surface area contributed by atoms with Crippen molar-refractivity contribution in [3.05, 3.63) is 85.8 Å². The Bertz CT molecular complexity index is 977. The van der Waals surface area contributed by atoms with Crippen molar-refractivity contribution >= 4 is 44.8 Å². The molecule has 3 nitrogen and oxygen atoms in total. The van der Waals surface area contributed by atoms with Crippen LogP contribution >= 0.6 is 39.1 Å². The molecule has 3 aromatic rings. The molecule has 152 valence electrons. The molecule has 0 aromatic heterocycles. The molecular weight excluding hydrogens is 473 g/mol. The summed E-state index contributed by atoms with van der Waals surface area (Å²) in [6.45, 7) is 5.66. The minimum Gasteiger partial charge on any atom is -0.490 e. The average Bonchev–Trinajstić information content (AvgIpc) is 2.70. The molecule has 0 atom stereocenters. The molecule has 0 fully saturated rings. The molecule has 0 aliphatic rings. The van der Waals surface area contributed by atoms with Gasteiger partial charge in [-0.15, -0.1) is 0 Å². The van der Waals surface area contributed by atoms with E-state index in [-0.39, 0.29) is 0 Å². The van der Waals surface area contributed by atoms with E-state index in [1.54, 1.807) is 12.1 Å². The van der Waals surface area contributed by atoms with Gasteiger partial charge < -0.3 is 14.8 Å². The summed E-state index contributed by atoms with van der Waals surface area (Å²) in [7, 11) is 0. The zero-order chi connectivity index (χ0) is 20.8. The van der Waals surface area contributed by atoms with Gasteiger partial charge in [0.1, 0.15) is 6.61 Å². The highest BCUT2D eigenvalue weighted by molar-refractivity contribution is 9.10. The molecule has 0 spiro atoms. The fourth-order valence-corrected chi connectivity index (χ4v) is 3.50. The molecule has 0 amide bonds. The highest BCUT2D eigenvalue weighted by Gasteiger charge is 2.12. The summed E-state index contributed by atoms with van der Waals surface area (Å²) in [5.41, 5.74) is 4.27. The van der Waals surface area contributed by atoms with Crippen LogP contribution in [0.3, 0.4) is 0 Å². The van der Waals surface area contributed by atoms with Gasteiger partial charge >= 0.3 is 0 Å². The number of halogens is 3. The summed E-state index contributed by atoms with van der Waals surface area (Å²) in [6.07, 6.45) is 0. The molecule has 29 heavy (non-hydrogen) atoms. The van der Waals surface area contributed by atoms with Crippen LogP contribution in [0.15, 0.2) is 59.1 Å². The molecule has 6 heteroatoms. The number of nitrogens with one attached hydrogen (secondary N) is 1. The average molecular weight is 495 g/mol. The molecule has 0 unspecified atom stereocenters. The Morgan fingerprint density at radius 2 is 1.62 bits per heavy atom. The SMILES string of the molecule is CCOc1cc(CNc2ccc(Cl)c(Cl)c2)c(Br)cc1OCc1ccc(C)cc1. The van der Waals surface area contributed by atoms with Crippen molar-refractivity contribution in [2.24, 2.45) is 0 Å². The van der Waals surface area contributed by atoms with Crippen LogP contribution in [0.2, 0.25) is 10.0 Å². The van der Waals surface area contributed by atoms with Gasteiger partial charge in [-0.25, -0.2) is 0 Å². The number of rotatable bonds is 8. The quantitative estimate of drug-likeness (QED) is 0.348. The Labute approximate surface area is 190 Å². The Hall–Kier alpha value is -1.88. The van der Waals surface area contributed by atoms with Crippen molar-refractivity contribution in [1.82, 2.24) is 0 Å². The lowest BCUT2D eigenvalue weighted by atomic mass is 10.1. The highest BCUT2D eigenvalue weighted by atomic mass is 79.9. The predicted octanol–water partition coefficient (Wildman–Crippen LogP) is 7.65. The second-order valence-corrected chi connectivity index (χ2v) is 8.25. The van der Waals surface area contributed by atoms with E-state index in [4.69, 9.17) is 32.7 Å². The van der Waals surface area contributed by atoms with Gasteiger partial charge in [0.2, 0.25) is 0 Å². The molecule has 3 rings (SSSR count). The molecule has 0 heterocycles.